The molecule has 2 aromatic heterocycles. The number of aromatic amines is 1. The highest BCUT2D eigenvalue weighted by Crippen LogP contribution is 2.15. The van der Waals surface area contributed by atoms with Crippen LogP contribution in [-0.4, -0.2) is 26.0 Å². The third kappa shape index (κ3) is 2.27. The summed E-state index contributed by atoms with van der Waals surface area (Å²) in [5.41, 5.74) is 1.26. The van der Waals surface area contributed by atoms with Crippen LogP contribution in [-0.2, 0) is 0 Å². The lowest BCUT2D eigenvalue weighted by Gasteiger charge is -2.04. The predicted octanol–water partition coefficient (Wildman–Crippen LogP) is 1.15. The van der Waals surface area contributed by atoms with E-state index in [0.717, 1.165) is 17.6 Å². The molecule has 0 aliphatic heterocycles. The highest BCUT2D eigenvalue weighted by molar-refractivity contribution is 5.86. The van der Waals surface area contributed by atoms with E-state index >= 15 is 0 Å². The highest BCUT2D eigenvalue weighted by Gasteiger charge is 2.11. The number of H-pyrrole nitrogens is 1. The van der Waals surface area contributed by atoms with E-state index in [1.165, 1.54) is 0 Å². The van der Waals surface area contributed by atoms with Gasteiger partial charge >= 0.3 is 5.97 Å². The molecule has 0 unspecified atom stereocenters. The van der Waals surface area contributed by atoms with E-state index in [2.05, 4.69) is 15.0 Å². The second kappa shape index (κ2) is 4.40. The van der Waals surface area contributed by atoms with Crippen molar-refractivity contribution in [3.8, 4) is 11.4 Å². The maximum absolute atomic E-state index is 11.5. The lowest BCUT2D eigenvalue weighted by molar-refractivity contribution is 0.0694. The second-order valence-corrected chi connectivity index (χ2v) is 3.92. The van der Waals surface area contributed by atoms with Crippen LogP contribution in [0.25, 0.3) is 11.4 Å². The van der Waals surface area contributed by atoms with Gasteiger partial charge in [-0.15, -0.1) is 0 Å². The largest absolute Gasteiger partial charge is 0.477 e. The van der Waals surface area contributed by atoms with Gasteiger partial charge in [0.2, 0.25) is 0 Å². The first-order valence-corrected chi connectivity index (χ1v) is 5.25. The number of hydrogen-bond acceptors (Lipinski definition) is 4. The summed E-state index contributed by atoms with van der Waals surface area (Å²) < 4.78 is 0. The van der Waals surface area contributed by atoms with Crippen LogP contribution in [0.4, 0.5) is 0 Å². The standard InChI is InChI=1S/C12H11N3O3/c1-6-3-8(4-7(2)14-6)10-13-5-9(12(17)18)11(16)15-10/h3-5H,1-2H3,(H,17,18)(H,13,15,16). The molecule has 2 rings (SSSR count). The molecule has 2 heterocycles. The summed E-state index contributed by atoms with van der Waals surface area (Å²) in [7, 11) is 0. The smallest absolute Gasteiger partial charge is 0.342 e. The summed E-state index contributed by atoms with van der Waals surface area (Å²) in [4.78, 5) is 32.9. The van der Waals surface area contributed by atoms with Crippen LogP contribution >= 0.6 is 0 Å². The number of nitrogens with zero attached hydrogens (tertiary/aromatic N) is 2. The summed E-state index contributed by atoms with van der Waals surface area (Å²) in [5.74, 6) is -0.962. The van der Waals surface area contributed by atoms with Gasteiger partial charge in [0.1, 0.15) is 11.4 Å². The first kappa shape index (κ1) is 12.0. The van der Waals surface area contributed by atoms with Crippen LogP contribution in [0.15, 0.2) is 23.1 Å². The molecule has 0 aliphatic carbocycles. The molecule has 0 radical (unpaired) electrons. The minimum Gasteiger partial charge on any atom is -0.477 e. The first-order valence-electron chi connectivity index (χ1n) is 5.25. The summed E-state index contributed by atoms with van der Waals surface area (Å²) in [6, 6.07) is 3.54. The average Bonchev–Trinajstić information content (AvgIpc) is 2.26. The number of aryl methyl sites for hydroxylation is 2. The Morgan fingerprint density at radius 1 is 1.28 bits per heavy atom. The maximum atomic E-state index is 11.5. The number of carboxylic acids is 1. The molecule has 0 amide bonds. The van der Waals surface area contributed by atoms with Crippen molar-refractivity contribution < 1.29 is 9.90 Å². The van der Waals surface area contributed by atoms with Gasteiger partial charge in [-0.3, -0.25) is 9.78 Å². The molecule has 92 valence electrons. The van der Waals surface area contributed by atoms with Crippen LogP contribution in [0.2, 0.25) is 0 Å². The zero-order valence-electron chi connectivity index (χ0n) is 9.89. The van der Waals surface area contributed by atoms with Gasteiger partial charge in [0, 0.05) is 23.1 Å². The number of carbonyl (C=O) groups is 1. The monoisotopic (exact) mass is 245 g/mol. The molecule has 2 aromatic rings. The van der Waals surface area contributed by atoms with Gasteiger partial charge in [-0.25, -0.2) is 9.78 Å². The molecular formula is C12H11N3O3. The van der Waals surface area contributed by atoms with Crippen molar-refractivity contribution in [3.63, 3.8) is 0 Å². The maximum Gasteiger partial charge on any atom is 0.342 e. The molecule has 0 saturated carbocycles. The number of carboxylic acid groups (broad SMARTS) is 1. The van der Waals surface area contributed by atoms with E-state index in [4.69, 9.17) is 5.11 Å². The van der Waals surface area contributed by atoms with Crippen LogP contribution in [0.5, 0.6) is 0 Å². The lowest BCUT2D eigenvalue weighted by Crippen LogP contribution is -2.18. The van der Waals surface area contributed by atoms with E-state index < -0.39 is 11.5 Å². The first-order chi connectivity index (χ1) is 8.47. The van der Waals surface area contributed by atoms with E-state index in [1.54, 1.807) is 12.1 Å². The topological polar surface area (TPSA) is 95.9 Å². The lowest BCUT2D eigenvalue weighted by atomic mass is 10.2. The van der Waals surface area contributed by atoms with Crippen LogP contribution in [0.3, 0.4) is 0 Å². The minimum absolute atomic E-state index is 0.332. The zero-order chi connectivity index (χ0) is 13.3. The fourth-order valence-electron chi connectivity index (χ4n) is 1.67. The van der Waals surface area contributed by atoms with Crippen molar-refractivity contribution in [2.45, 2.75) is 13.8 Å². The molecule has 0 aliphatic rings. The van der Waals surface area contributed by atoms with Crippen LogP contribution in [0, 0.1) is 13.8 Å². The number of pyridine rings is 1. The number of nitrogens with one attached hydrogen (secondary N) is 1. The summed E-state index contributed by atoms with van der Waals surface area (Å²) in [6.07, 6.45) is 1.06. The normalized spacial score (nSPS) is 10.3. The molecule has 0 spiro atoms. The van der Waals surface area contributed by atoms with Gasteiger partial charge in [0.25, 0.3) is 5.56 Å². The van der Waals surface area contributed by atoms with E-state index in [9.17, 15) is 9.59 Å². The molecular weight excluding hydrogens is 234 g/mol. The van der Waals surface area contributed by atoms with E-state index in [0.29, 0.717) is 11.4 Å². The third-order valence-electron chi connectivity index (χ3n) is 2.38. The Balaban J connectivity index is 2.55. The molecule has 6 heteroatoms. The van der Waals surface area contributed by atoms with Gasteiger partial charge in [-0.2, -0.15) is 0 Å². The van der Waals surface area contributed by atoms with Gasteiger partial charge in [0.05, 0.1) is 0 Å². The van der Waals surface area contributed by atoms with Crippen molar-refractivity contribution in [2.75, 3.05) is 0 Å². The van der Waals surface area contributed by atoms with Crippen molar-refractivity contribution in [3.05, 3.63) is 45.6 Å². The Labute approximate surface area is 102 Å². The summed E-state index contributed by atoms with van der Waals surface area (Å²) in [6.45, 7) is 3.67. The minimum atomic E-state index is -1.29. The fourth-order valence-corrected chi connectivity index (χ4v) is 1.67. The Kier molecular flexibility index (Phi) is 2.93. The van der Waals surface area contributed by atoms with Gasteiger partial charge in [0.15, 0.2) is 0 Å². The average molecular weight is 245 g/mol. The SMILES string of the molecule is Cc1cc(-c2ncc(C(=O)O)c(=O)[nH]2)cc(C)n1. The molecule has 0 atom stereocenters. The molecule has 18 heavy (non-hydrogen) atoms. The quantitative estimate of drug-likeness (QED) is 0.827. The van der Waals surface area contributed by atoms with Crippen LogP contribution < -0.4 is 5.56 Å². The zero-order valence-corrected chi connectivity index (χ0v) is 9.89. The molecule has 2 N–H and O–H groups in total. The Bertz CT molecular complexity index is 656. The molecule has 0 aromatic carbocycles. The number of rotatable bonds is 2. The van der Waals surface area contributed by atoms with E-state index in [-0.39, 0.29) is 5.56 Å². The van der Waals surface area contributed by atoms with Gasteiger partial charge < -0.3 is 10.1 Å². The Morgan fingerprint density at radius 2 is 1.89 bits per heavy atom. The Hall–Kier alpha value is -2.50. The summed E-state index contributed by atoms with van der Waals surface area (Å²) >= 11 is 0. The van der Waals surface area contributed by atoms with Crippen molar-refractivity contribution in [2.24, 2.45) is 0 Å². The number of aromatic nitrogens is 3. The number of aromatic carboxylic acids is 1. The fraction of sp³-hybridized carbons (Fsp3) is 0.167. The summed E-state index contributed by atoms with van der Waals surface area (Å²) in [5, 5.41) is 8.75. The third-order valence-corrected chi connectivity index (χ3v) is 2.38. The second-order valence-electron chi connectivity index (χ2n) is 3.92. The van der Waals surface area contributed by atoms with Gasteiger partial charge in [-0.1, -0.05) is 0 Å². The molecule has 0 saturated heterocycles. The molecule has 6 nitrogen and oxygen atoms in total. The van der Waals surface area contributed by atoms with Crippen LogP contribution in [0.1, 0.15) is 21.7 Å². The number of hydrogen-bond donors (Lipinski definition) is 2. The molecule has 0 bridgehead atoms. The van der Waals surface area contributed by atoms with Crippen molar-refractivity contribution in [1.29, 1.82) is 0 Å². The Morgan fingerprint density at radius 3 is 2.39 bits per heavy atom. The highest BCUT2D eigenvalue weighted by atomic mass is 16.4. The predicted molar refractivity (Wildman–Crippen MR) is 64.5 cm³/mol. The van der Waals surface area contributed by atoms with Crippen molar-refractivity contribution in [1.82, 2.24) is 15.0 Å². The molecule has 0 fully saturated rings. The van der Waals surface area contributed by atoms with Crippen molar-refractivity contribution >= 4 is 5.97 Å². The van der Waals surface area contributed by atoms with E-state index in [1.807, 2.05) is 13.8 Å². The van der Waals surface area contributed by atoms with Gasteiger partial charge in [-0.05, 0) is 26.0 Å².